The Bertz CT molecular complexity index is 819. The Balaban J connectivity index is 1.38. The highest BCUT2D eigenvalue weighted by Gasteiger charge is 2.31. The van der Waals surface area contributed by atoms with Gasteiger partial charge in [0.05, 0.1) is 5.92 Å². The minimum atomic E-state index is -0.140. The fraction of sp³-hybridized carbons (Fsp3) is 0.350. The van der Waals surface area contributed by atoms with E-state index in [1.54, 1.807) is 0 Å². The van der Waals surface area contributed by atoms with Gasteiger partial charge in [-0.1, -0.05) is 29.3 Å². The normalized spacial score (nSPS) is 19.7. The molecule has 1 amide bonds. The van der Waals surface area contributed by atoms with Crippen molar-refractivity contribution in [3.63, 3.8) is 0 Å². The zero-order chi connectivity index (χ0) is 18.1. The first kappa shape index (κ1) is 17.5. The van der Waals surface area contributed by atoms with Crippen molar-refractivity contribution in [1.82, 2.24) is 4.90 Å². The van der Waals surface area contributed by atoms with E-state index in [-0.39, 0.29) is 11.8 Å². The van der Waals surface area contributed by atoms with E-state index in [0.717, 1.165) is 35.1 Å². The van der Waals surface area contributed by atoms with Crippen molar-refractivity contribution in [2.75, 3.05) is 37.7 Å². The van der Waals surface area contributed by atoms with Crippen LogP contribution in [0.3, 0.4) is 0 Å². The average molecular weight is 391 g/mol. The summed E-state index contributed by atoms with van der Waals surface area (Å²) in [6, 6.07) is 13.4. The number of rotatable bonds is 2. The second-order valence-electron chi connectivity index (χ2n) is 6.76. The van der Waals surface area contributed by atoms with Gasteiger partial charge < -0.3 is 14.5 Å². The lowest BCUT2D eigenvalue weighted by Crippen LogP contribution is -2.51. The third-order valence-electron chi connectivity index (χ3n) is 5.04. The molecule has 2 aromatic rings. The number of ether oxygens (including phenoxy) is 1. The van der Waals surface area contributed by atoms with Crippen LogP contribution in [0.4, 0.5) is 5.69 Å². The van der Waals surface area contributed by atoms with E-state index in [9.17, 15) is 4.79 Å². The molecule has 4 nitrogen and oxygen atoms in total. The van der Waals surface area contributed by atoms with E-state index < -0.39 is 0 Å². The quantitative estimate of drug-likeness (QED) is 0.779. The summed E-state index contributed by atoms with van der Waals surface area (Å²) in [6.07, 6.45) is 0.684. The number of piperazine rings is 1. The van der Waals surface area contributed by atoms with Gasteiger partial charge in [-0.15, -0.1) is 0 Å². The highest BCUT2D eigenvalue weighted by Crippen LogP contribution is 2.31. The van der Waals surface area contributed by atoms with Crippen molar-refractivity contribution in [1.29, 1.82) is 0 Å². The van der Waals surface area contributed by atoms with E-state index in [2.05, 4.69) is 11.0 Å². The summed E-state index contributed by atoms with van der Waals surface area (Å²) in [5.41, 5.74) is 2.12. The molecule has 136 valence electrons. The molecule has 2 aromatic carbocycles. The van der Waals surface area contributed by atoms with Crippen molar-refractivity contribution in [3.05, 3.63) is 58.1 Å². The molecule has 26 heavy (non-hydrogen) atoms. The molecule has 6 heteroatoms. The third kappa shape index (κ3) is 3.62. The predicted molar refractivity (Wildman–Crippen MR) is 104 cm³/mol. The Morgan fingerprint density at radius 3 is 2.54 bits per heavy atom. The molecule has 2 heterocycles. The second kappa shape index (κ2) is 7.37. The average Bonchev–Trinajstić information content (AvgIpc) is 2.67. The van der Waals surface area contributed by atoms with Crippen LogP contribution in [0.15, 0.2) is 42.5 Å². The first-order valence-corrected chi connectivity index (χ1v) is 9.56. The topological polar surface area (TPSA) is 32.8 Å². The number of halogens is 2. The van der Waals surface area contributed by atoms with Crippen molar-refractivity contribution < 1.29 is 9.53 Å². The Hall–Kier alpha value is -1.91. The van der Waals surface area contributed by atoms with Crippen LogP contribution in [0.1, 0.15) is 5.56 Å². The molecule has 0 unspecified atom stereocenters. The summed E-state index contributed by atoms with van der Waals surface area (Å²) in [5.74, 6) is 0.865. The van der Waals surface area contributed by atoms with Gasteiger partial charge in [0.15, 0.2) is 0 Å². The van der Waals surface area contributed by atoms with E-state index >= 15 is 0 Å². The van der Waals surface area contributed by atoms with Gasteiger partial charge in [-0.25, -0.2) is 0 Å². The van der Waals surface area contributed by atoms with Gasteiger partial charge in [0.25, 0.3) is 0 Å². The number of fused-ring (bicyclic) bond motifs is 1. The molecular formula is C20H20Cl2N2O2. The van der Waals surface area contributed by atoms with Crippen LogP contribution >= 0.6 is 23.2 Å². The highest BCUT2D eigenvalue weighted by molar-refractivity contribution is 6.31. The van der Waals surface area contributed by atoms with Gasteiger partial charge in [0, 0.05) is 41.9 Å². The van der Waals surface area contributed by atoms with Crippen molar-refractivity contribution in [2.45, 2.75) is 6.42 Å². The van der Waals surface area contributed by atoms with Crippen LogP contribution in [0, 0.1) is 5.92 Å². The molecule has 1 atom stereocenters. The Morgan fingerprint density at radius 1 is 1.00 bits per heavy atom. The van der Waals surface area contributed by atoms with Crippen molar-refractivity contribution in [3.8, 4) is 5.75 Å². The van der Waals surface area contributed by atoms with Gasteiger partial charge in [0.1, 0.15) is 12.4 Å². The minimum Gasteiger partial charge on any atom is -0.492 e. The number of hydrogen-bond acceptors (Lipinski definition) is 3. The summed E-state index contributed by atoms with van der Waals surface area (Å²) >= 11 is 12.2. The lowest BCUT2D eigenvalue weighted by atomic mass is 9.95. The number of benzene rings is 2. The van der Waals surface area contributed by atoms with Crippen LogP contribution in [-0.2, 0) is 11.2 Å². The fourth-order valence-corrected chi connectivity index (χ4v) is 4.02. The van der Waals surface area contributed by atoms with Gasteiger partial charge in [-0.05, 0) is 48.4 Å². The lowest BCUT2D eigenvalue weighted by molar-refractivity contribution is -0.137. The van der Waals surface area contributed by atoms with E-state index in [4.69, 9.17) is 27.9 Å². The summed E-state index contributed by atoms with van der Waals surface area (Å²) < 4.78 is 5.78. The number of amides is 1. The third-order valence-corrected chi connectivity index (χ3v) is 5.51. The first-order chi connectivity index (χ1) is 12.6. The van der Waals surface area contributed by atoms with Crippen molar-refractivity contribution >= 4 is 34.8 Å². The van der Waals surface area contributed by atoms with Crippen molar-refractivity contribution in [2.24, 2.45) is 5.92 Å². The second-order valence-corrected chi connectivity index (χ2v) is 7.63. The maximum absolute atomic E-state index is 12.9. The molecule has 1 saturated heterocycles. The summed E-state index contributed by atoms with van der Waals surface area (Å²) in [7, 11) is 0. The molecule has 0 saturated carbocycles. The molecule has 0 radical (unpaired) electrons. The number of carbonyl (C=O) groups is 1. The Labute approximate surface area is 163 Å². The van der Waals surface area contributed by atoms with Gasteiger partial charge in [-0.3, -0.25) is 4.79 Å². The lowest BCUT2D eigenvalue weighted by Gasteiger charge is -2.38. The van der Waals surface area contributed by atoms with Crippen LogP contribution in [0.25, 0.3) is 0 Å². The molecule has 2 aliphatic heterocycles. The fourth-order valence-electron chi connectivity index (χ4n) is 3.64. The smallest absolute Gasteiger partial charge is 0.229 e. The molecule has 1 fully saturated rings. The Morgan fingerprint density at radius 2 is 1.77 bits per heavy atom. The van der Waals surface area contributed by atoms with Crippen LogP contribution in [0.5, 0.6) is 5.75 Å². The molecule has 0 bridgehead atoms. The van der Waals surface area contributed by atoms with Crippen LogP contribution < -0.4 is 9.64 Å². The minimum absolute atomic E-state index is 0.140. The summed E-state index contributed by atoms with van der Waals surface area (Å²) in [4.78, 5) is 17.1. The highest BCUT2D eigenvalue weighted by atomic mass is 35.5. The molecular weight excluding hydrogens is 371 g/mol. The molecule has 2 aliphatic rings. The zero-order valence-corrected chi connectivity index (χ0v) is 15.8. The van der Waals surface area contributed by atoms with Gasteiger partial charge >= 0.3 is 0 Å². The molecule has 0 aliphatic carbocycles. The van der Waals surface area contributed by atoms with Crippen LogP contribution in [0.2, 0.25) is 10.0 Å². The number of hydrogen-bond donors (Lipinski definition) is 0. The monoisotopic (exact) mass is 390 g/mol. The molecule has 0 spiro atoms. The maximum atomic E-state index is 12.9. The summed E-state index contributed by atoms with van der Waals surface area (Å²) in [5, 5.41) is 1.41. The maximum Gasteiger partial charge on any atom is 0.229 e. The first-order valence-electron chi connectivity index (χ1n) is 8.81. The number of anilines is 1. The molecule has 0 aromatic heterocycles. The van der Waals surface area contributed by atoms with E-state index in [1.165, 1.54) is 0 Å². The standard InChI is InChI=1S/C20H20Cl2N2O2/c21-16-2-1-3-18(12-16)23-6-8-24(9-7-23)20(25)15-10-14-11-17(22)4-5-19(14)26-13-15/h1-5,11-12,15H,6-10,13H2/t15-/m1/s1. The zero-order valence-electron chi connectivity index (χ0n) is 14.3. The van der Waals surface area contributed by atoms with Gasteiger partial charge in [0.2, 0.25) is 5.91 Å². The largest absolute Gasteiger partial charge is 0.492 e. The van der Waals surface area contributed by atoms with E-state index in [1.807, 2.05) is 41.3 Å². The number of carbonyl (C=O) groups excluding carboxylic acids is 1. The predicted octanol–water partition coefficient (Wildman–Crippen LogP) is 3.89. The van der Waals surface area contributed by atoms with Crippen LogP contribution in [-0.4, -0.2) is 43.6 Å². The number of nitrogens with zero attached hydrogens (tertiary/aromatic N) is 2. The Kier molecular flexibility index (Phi) is 4.96. The van der Waals surface area contributed by atoms with E-state index in [0.29, 0.717) is 31.1 Å². The SMILES string of the molecule is O=C([C@H]1COc2ccc(Cl)cc2C1)N1CCN(c2cccc(Cl)c2)CC1. The molecule has 0 N–H and O–H groups in total. The van der Waals surface area contributed by atoms with Gasteiger partial charge in [-0.2, -0.15) is 0 Å². The molecule has 4 rings (SSSR count). The summed E-state index contributed by atoms with van der Waals surface area (Å²) in [6.45, 7) is 3.47.